The van der Waals surface area contributed by atoms with Crippen LogP contribution in [0.15, 0.2) is 30.3 Å². The van der Waals surface area contributed by atoms with E-state index in [9.17, 15) is 8.78 Å². The van der Waals surface area contributed by atoms with Crippen molar-refractivity contribution >= 4 is 5.82 Å². The van der Waals surface area contributed by atoms with Gasteiger partial charge in [-0.25, -0.2) is 13.5 Å². The Hall–Kier alpha value is -1.95. The van der Waals surface area contributed by atoms with Crippen LogP contribution in [0.4, 0.5) is 14.6 Å². The van der Waals surface area contributed by atoms with Crippen LogP contribution in [0.5, 0.6) is 0 Å². The van der Waals surface area contributed by atoms with E-state index in [1.54, 1.807) is 16.6 Å². The van der Waals surface area contributed by atoms with Crippen molar-refractivity contribution in [2.24, 2.45) is 5.73 Å². The van der Waals surface area contributed by atoms with Crippen molar-refractivity contribution in [2.45, 2.75) is 19.8 Å². The molecule has 114 valence electrons. The zero-order chi connectivity index (χ0) is 15.4. The van der Waals surface area contributed by atoms with Gasteiger partial charge in [0.2, 0.25) is 0 Å². The summed E-state index contributed by atoms with van der Waals surface area (Å²) >= 11 is 0. The molecule has 0 aliphatic heterocycles. The third-order valence-electron chi connectivity index (χ3n) is 3.33. The molecule has 0 saturated carbocycles. The zero-order valence-corrected chi connectivity index (χ0v) is 12.3. The first kappa shape index (κ1) is 15.4. The van der Waals surface area contributed by atoms with Crippen LogP contribution >= 0.6 is 0 Å². The summed E-state index contributed by atoms with van der Waals surface area (Å²) in [6.07, 6.45) is -1.79. The Bertz CT molecular complexity index is 581. The highest BCUT2D eigenvalue weighted by atomic mass is 19.3. The Balaban J connectivity index is 2.52. The molecule has 0 fully saturated rings. The van der Waals surface area contributed by atoms with Gasteiger partial charge in [-0.3, -0.25) is 0 Å². The number of aryl methyl sites for hydroxylation is 1. The number of nitrogens with two attached hydrogens (primary N) is 1. The second kappa shape index (κ2) is 6.67. The number of alkyl halides is 2. The number of hydrogen-bond acceptors (Lipinski definition) is 3. The molecular weight excluding hydrogens is 274 g/mol. The molecule has 0 atom stereocenters. The first-order valence-corrected chi connectivity index (χ1v) is 6.88. The van der Waals surface area contributed by atoms with Crippen molar-refractivity contribution in [1.82, 2.24) is 9.78 Å². The van der Waals surface area contributed by atoms with Crippen LogP contribution in [0.1, 0.15) is 11.3 Å². The molecule has 0 aliphatic carbocycles. The molecule has 0 aliphatic rings. The van der Waals surface area contributed by atoms with Crippen molar-refractivity contribution in [3.63, 3.8) is 0 Å². The van der Waals surface area contributed by atoms with Gasteiger partial charge in [-0.15, -0.1) is 0 Å². The maximum atomic E-state index is 12.7. The minimum Gasteiger partial charge on any atom is -0.354 e. The van der Waals surface area contributed by atoms with E-state index in [1.165, 1.54) is 0 Å². The van der Waals surface area contributed by atoms with Gasteiger partial charge >= 0.3 is 0 Å². The van der Waals surface area contributed by atoms with Gasteiger partial charge in [-0.1, -0.05) is 18.2 Å². The third-order valence-corrected chi connectivity index (χ3v) is 3.33. The third kappa shape index (κ3) is 3.39. The van der Waals surface area contributed by atoms with Crippen molar-refractivity contribution in [3.8, 4) is 5.69 Å². The largest absolute Gasteiger partial charge is 0.354 e. The number of rotatable bonds is 6. The van der Waals surface area contributed by atoms with Gasteiger partial charge in [0.25, 0.3) is 6.43 Å². The molecule has 1 heterocycles. The number of halogens is 2. The summed E-state index contributed by atoms with van der Waals surface area (Å²) in [7, 11) is 1.65. The molecule has 21 heavy (non-hydrogen) atoms. The minimum atomic E-state index is -2.40. The van der Waals surface area contributed by atoms with E-state index in [0.717, 1.165) is 16.9 Å². The number of hydrogen-bond donors (Lipinski definition) is 1. The number of aromatic nitrogens is 2. The van der Waals surface area contributed by atoms with Crippen LogP contribution in [0.2, 0.25) is 0 Å². The van der Waals surface area contributed by atoms with E-state index in [4.69, 9.17) is 5.73 Å². The minimum absolute atomic E-state index is 0.338. The molecule has 0 saturated heterocycles. The number of nitrogens with zero attached hydrogens (tertiary/aromatic N) is 3. The topological polar surface area (TPSA) is 47.1 Å². The molecule has 1 aromatic carbocycles. The normalized spacial score (nSPS) is 11.1. The predicted molar refractivity (Wildman–Crippen MR) is 80.3 cm³/mol. The lowest BCUT2D eigenvalue weighted by Gasteiger charge is -2.21. The second-order valence-electron chi connectivity index (χ2n) is 4.95. The van der Waals surface area contributed by atoms with Crippen LogP contribution in [0, 0.1) is 6.92 Å². The Kier molecular flexibility index (Phi) is 4.90. The molecule has 0 unspecified atom stereocenters. The molecule has 2 N–H and O–H groups in total. The summed E-state index contributed by atoms with van der Waals surface area (Å²) in [4.78, 5) is 1.54. The van der Waals surface area contributed by atoms with Gasteiger partial charge < -0.3 is 10.6 Å². The molecule has 1 aromatic heterocycles. The van der Waals surface area contributed by atoms with Crippen molar-refractivity contribution in [3.05, 3.63) is 41.6 Å². The lowest BCUT2D eigenvalue weighted by atomic mass is 10.1. The SMILES string of the molecule is Cc1nn(-c2ccccc2)c(N(C)CC(F)F)c1CCN. The zero-order valence-electron chi connectivity index (χ0n) is 12.3. The average molecular weight is 294 g/mol. The summed E-state index contributed by atoms with van der Waals surface area (Å²) in [5.41, 5.74) is 8.23. The summed E-state index contributed by atoms with van der Waals surface area (Å²) in [6, 6.07) is 9.50. The first-order chi connectivity index (χ1) is 10.0. The Morgan fingerprint density at radius 3 is 2.52 bits per heavy atom. The monoisotopic (exact) mass is 294 g/mol. The molecule has 0 amide bonds. The number of anilines is 1. The van der Waals surface area contributed by atoms with Crippen LogP contribution < -0.4 is 10.6 Å². The molecule has 2 aromatic rings. The van der Waals surface area contributed by atoms with Crippen LogP contribution in [0.3, 0.4) is 0 Å². The van der Waals surface area contributed by atoms with E-state index in [0.29, 0.717) is 18.8 Å². The van der Waals surface area contributed by atoms with E-state index in [1.807, 2.05) is 37.3 Å². The first-order valence-electron chi connectivity index (χ1n) is 6.88. The van der Waals surface area contributed by atoms with Crippen molar-refractivity contribution in [2.75, 3.05) is 25.0 Å². The van der Waals surface area contributed by atoms with Crippen molar-refractivity contribution < 1.29 is 8.78 Å². The fourth-order valence-corrected chi connectivity index (χ4v) is 2.42. The molecule has 4 nitrogen and oxygen atoms in total. The van der Waals surface area contributed by atoms with E-state index in [2.05, 4.69) is 5.10 Å². The Morgan fingerprint density at radius 2 is 1.95 bits per heavy atom. The lowest BCUT2D eigenvalue weighted by Crippen LogP contribution is -2.27. The van der Waals surface area contributed by atoms with Crippen molar-refractivity contribution in [1.29, 1.82) is 0 Å². The molecule has 2 rings (SSSR count). The van der Waals surface area contributed by atoms with Crippen LogP contribution in [0.25, 0.3) is 5.69 Å². The maximum Gasteiger partial charge on any atom is 0.255 e. The second-order valence-corrected chi connectivity index (χ2v) is 4.95. The average Bonchev–Trinajstić information content (AvgIpc) is 2.77. The number of benzene rings is 1. The van der Waals surface area contributed by atoms with Crippen LogP contribution in [-0.2, 0) is 6.42 Å². The molecule has 6 heteroatoms. The number of para-hydroxylation sites is 1. The summed E-state index contributed by atoms with van der Waals surface area (Å²) in [5, 5.41) is 4.50. The fraction of sp³-hybridized carbons (Fsp3) is 0.400. The van der Waals surface area contributed by atoms with Gasteiger partial charge in [0.1, 0.15) is 5.82 Å². The standard InChI is InChI=1S/C15H20F2N4/c1-11-13(8-9-18)15(20(2)10-14(16)17)21(19-11)12-6-4-3-5-7-12/h3-7,14H,8-10,18H2,1-2H3. The summed E-state index contributed by atoms with van der Waals surface area (Å²) in [6.45, 7) is 2.00. The van der Waals surface area contributed by atoms with E-state index in [-0.39, 0.29) is 6.54 Å². The summed E-state index contributed by atoms with van der Waals surface area (Å²) in [5.74, 6) is 0.685. The quantitative estimate of drug-likeness (QED) is 0.890. The van der Waals surface area contributed by atoms with E-state index >= 15 is 0 Å². The van der Waals surface area contributed by atoms with Gasteiger partial charge in [0.05, 0.1) is 17.9 Å². The molecule has 0 radical (unpaired) electrons. The van der Waals surface area contributed by atoms with E-state index < -0.39 is 6.43 Å². The Labute approximate surface area is 123 Å². The van der Waals surface area contributed by atoms with Gasteiger partial charge in [-0.2, -0.15) is 5.10 Å². The highest BCUT2D eigenvalue weighted by Gasteiger charge is 2.21. The van der Waals surface area contributed by atoms with Gasteiger partial charge in [0, 0.05) is 12.6 Å². The maximum absolute atomic E-state index is 12.7. The fourth-order valence-electron chi connectivity index (χ4n) is 2.42. The molecular formula is C15H20F2N4. The summed E-state index contributed by atoms with van der Waals surface area (Å²) < 4.78 is 27.2. The smallest absolute Gasteiger partial charge is 0.255 e. The van der Waals surface area contributed by atoms with Crippen LogP contribution in [-0.4, -0.2) is 36.3 Å². The Morgan fingerprint density at radius 1 is 1.29 bits per heavy atom. The molecule has 0 bridgehead atoms. The molecule has 0 spiro atoms. The van der Waals surface area contributed by atoms with Gasteiger partial charge in [-0.05, 0) is 32.0 Å². The van der Waals surface area contributed by atoms with Gasteiger partial charge in [0.15, 0.2) is 0 Å². The highest BCUT2D eigenvalue weighted by molar-refractivity contribution is 5.55. The lowest BCUT2D eigenvalue weighted by molar-refractivity contribution is 0.156. The highest BCUT2D eigenvalue weighted by Crippen LogP contribution is 2.27. The predicted octanol–water partition coefficient (Wildman–Crippen LogP) is 2.38.